The van der Waals surface area contributed by atoms with Crippen LogP contribution >= 0.6 is 11.8 Å². The van der Waals surface area contributed by atoms with Gasteiger partial charge in [0.25, 0.3) is 0 Å². The van der Waals surface area contributed by atoms with Gasteiger partial charge in [-0.05, 0) is 24.8 Å². The van der Waals surface area contributed by atoms with Gasteiger partial charge >= 0.3 is 0 Å². The molecular weight excluding hydrogens is 194 g/mol. The van der Waals surface area contributed by atoms with E-state index in [1.807, 2.05) is 6.07 Å². The Hall–Kier alpha value is -0.770. The van der Waals surface area contributed by atoms with Crippen molar-refractivity contribution < 1.29 is 0 Å². The van der Waals surface area contributed by atoms with E-state index in [9.17, 15) is 0 Å². The molecule has 76 valence electrons. The Kier molecular flexibility index (Phi) is 3.24. The summed E-state index contributed by atoms with van der Waals surface area (Å²) in [6.45, 7) is 0. The summed E-state index contributed by atoms with van der Waals surface area (Å²) in [5.74, 6) is 2.44. The minimum absolute atomic E-state index is 0.376. The molecule has 0 aromatic carbocycles. The third-order valence-corrected chi connectivity index (χ3v) is 3.75. The number of nitrogens with two attached hydrogens (primary N) is 1. The summed E-state index contributed by atoms with van der Waals surface area (Å²) in [5.41, 5.74) is 5.51. The number of nitrogen functional groups attached to an aromatic ring is 1. The average Bonchev–Trinajstić information content (AvgIpc) is 2.67. The fraction of sp³-hybridized carbons (Fsp3) is 0.600. The van der Waals surface area contributed by atoms with Crippen molar-refractivity contribution in [1.82, 2.24) is 9.97 Å². The summed E-state index contributed by atoms with van der Waals surface area (Å²) in [6.07, 6.45) is 7.29. The van der Waals surface area contributed by atoms with Gasteiger partial charge in [-0.2, -0.15) is 0 Å². The molecule has 0 radical (unpaired) electrons. The molecule has 2 rings (SSSR count). The molecule has 0 aliphatic heterocycles. The highest BCUT2D eigenvalue weighted by Crippen LogP contribution is 2.30. The molecule has 3 nitrogen and oxygen atoms in total. The van der Waals surface area contributed by atoms with Crippen LogP contribution < -0.4 is 5.73 Å². The fourth-order valence-electron chi connectivity index (χ4n) is 1.82. The molecule has 0 spiro atoms. The van der Waals surface area contributed by atoms with Crippen molar-refractivity contribution >= 4 is 17.7 Å². The second-order valence-corrected chi connectivity index (χ2v) is 4.75. The smallest absolute Gasteiger partial charge is 0.221 e. The molecule has 0 bridgehead atoms. The Morgan fingerprint density at radius 2 is 2.21 bits per heavy atom. The van der Waals surface area contributed by atoms with E-state index < -0.39 is 0 Å². The zero-order valence-corrected chi connectivity index (χ0v) is 8.96. The predicted octanol–water partition coefficient (Wildman–Crippen LogP) is 2.34. The highest BCUT2D eigenvalue weighted by molar-refractivity contribution is 7.99. The van der Waals surface area contributed by atoms with Crippen molar-refractivity contribution in [2.75, 3.05) is 11.5 Å². The Bertz CT molecular complexity index is 297. The Balaban J connectivity index is 1.85. The van der Waals surface area contributed by atoms with Crippen molar-refractivity contribution in [3.8, 4) is 0 Å². The van der Waals surface area contributed by atoms with E-state index in [0.717, 1.165) is 10.9 Å². The molecule has 1 aliphatic rings. The van der Waals surface area contributed by atoms with E-state index in [0.29, 0.717) is 5.95 Å². The van der Waals surface area contributed by atoms with Gasteiger partial charge in [0.15, 0.2) is 0 Å². The lowest BCUT2D eigenvalue weighted by atomic mass is 10.1. The van der Waals surface area contributed by atoms with E-state index in [4.69, 9.17) is 5.73 Å². The monoisotopic (exact) mass is 209 g/mol. The van der Waals surface area contributed by atoms with Gasteiger partial charge in [-0.1, -0.05) is 12.8 Å². The van der Waals surface area contributed by atoms with E-state index in [1.165, 1.54) is 31.4 Å². The molecule has 1 aromatic rings. The molecule has 1 heterocycles. The number of aromatic nitrogens is 2. The lowest BCUT2D eigenvalue weighted by Gasteiger charge is -2.07. The first kappa shape index (κ1) is 9.77. The van der Waals surface area contributed by atoms with Gasteiger partial charge in [0.1, 0.15) is 5.03 Å². The van der Waals surface area contributed by atoms with Crippen LogP contribution in [0.15, 0.2) is 17.3 Å². The maximum atomic E-state index is 5.51. The van der Waals surface area contributed by atoms with Gasteiger partial charge in [0.05, 0.1) is 0 Å². The van der Waals surface area contributed by atoms with Gasteiger partial charge in [0, 0.05) is 11.9 Å². The first-order valence-corrected chi connectivity index (χ1v) is 6.04. The number of rotatable bonds is 3. The highest BCUT2D eigenvalue weighted by Gasteiger charge is 2.15. The van der Waals surface area contributed by atoms with Crippen molar-refractivity contribution in [2.24, 2.45) is 5.92 Å². The minimum atomic E-state index is 0.376. The van der Waals surface area contributed by atoms with Crippen LogP contribution in [0, 0.1) is 5.92 Å². The van der Waals surface area contributed by atoms with Gasteiger partial charge in [0.2, 0.25) is 5.95 Å². The molecule has 1 fully saturated rings. The summed E-state index contributed by atoms with van der Waals surface area (Å²) < 4.78 is 0. The summed E-state index contributed by atoms with van der Waals surface area (Å²) in [6, 6.07) is 1.93. The topological polar surface area (TPSA) is 51.8 Å². The van der Waals surface area contributed by atoms with Crippen LogP contribution in [0.5, 0.6) is 0 Å². The van der Waals surface area contributed by atoms with Crippen LogP contribution in [0.25, 0.3) is 0 Å². The van der Waals surface area contributed by atoms with E-state index in [-0.39, 0.29) is 0 Å². The van der Waals surface area contributed by atoms with Crippen LogP contribution in [0.2, 0.25) is 0 Å². The van der Waals surface area contributed by atoms with Gasteiger partial charge < -0.3 is 5.73 Å². The van der Waals surface area contributed by atoms with E-state index >= 15 is 0 Å². The molecule has 1 aromatic heterocycles. The molecule has 0 amide bonds. The zero-order valence-electron chi connectivity index (χ0n) is 8.15. The summed E-state index contributed by atoms with van der Waals surface area (Å²) in [7, 11) is 0. The average molecular weight is 209 g/mol. The first-order chi connectivity index (χ1) is 6.84. The largest absolute Gasteiger partial charge is 0.368 e. The SMILES string of the molecule is Nc1nccc(SCC2CCCC2)n1. The maximum Gasteiger partial charge on any atom is 0.221 e. The van der Waals surface area contributed by atoms with Gasteiger partial charge in [-0.3, -0.25) is 0 Å². The summed E-state index contributed by atoms with van der Waals surface area (Å²) >= 11 is 1.80. The van der Waals surface area contributed by atoms with Crippen molar-refractivity contribution in [2.45, 2.75) is 30.7 Å². The second kappa shape index (κ2) is 4.64. The first-order valence-electron chi connectivity index (χ1n) is 5.06. The zero-order chi connectivity index (χ0) is 9.80. The fourth-order valence-corrected chi connectivity index (χ4v) is 2.87. The normalized spacial score (nSPS) is 17.4. The van der Waals surface area contributed by atoms with Crippen molar-refractivity contribution in [3.05, 3.63) is 12.3 Å². The lowest BCUT2D eigenvalue weighted by Crippen LogP contribution is -1.99. The highest BCUT2D eigenvalue weighted by atomic mass is 32.2. The quantitative estimate of drug-likeness (QED) is 0.613. The molecule has 4 heteroatoms. The molecular formula is C10H15N3S. The maximum absolute atomic E-state index is 5.51. The van der Waals surface area contributed by atoms with Crippen molar-refractivity contribution in [3.63, 3.8) is 0 Å². The molecule has 0 unspecified atom stereocenters. The number of hydrogen-bond donors (Lipinski definition) is 1. The number of thioether (sulfide) groups is 1. The third kappa shape index (κ3) is 2.61. The molecule has 0 atom stereocenters. The van der Waals surface area contributed by atoms with Crippen LogP contribution in [0.1, 0.15) is 25.7 Å². The molecule has 1 saturated carbocycles. The second-order valence-electron chi connectivity index (χ2n) is 3.71. The van der Waals surface area contributed by atoms with Crippen molar-refractivity contribution in [1.29, 1.82) is 0 Å². The molecule has 0 saturated heterocycles. The number of hydrogen-bond acceptors (Lipinski definition) is 4. The van der Waals surface area contributed by atoms with Gasteiger partial charge in [-0.25, -0.2) is 9.97 Å². The Labute approximate surface area is 88.5 Å². The minimum Gasteiger partial charge on any atom is -0.368 e. The predicted molar refractivity (Wildman–Crippen MR) is 59.1 cm³/mol. The molecule has 2 N–H and O–H groups in total. The van der Waals surface area contributed by atoms with Crippen LogP contribution in [0.4, 0.5) is 5.95 Å². The van der Waals surface area contributed by atoms with E-state index in [1.54, 1.807) is 18.0 Å². The molecule has 14 heavy (non-hydrogen) atoms. The Morgan fingerprint density at radius 3 is 2.93 bits per heavy atom. The standard InChI is InChI=1S/C10H15N3S/c11-10-12-6-5-9(13-10)14-7-8-3-1-2-4-8/h5-6,8H,1-4,7H2,(H2,11,12,13). The third-order valence-electron chi connectivity index (χ3n) is 2.59. The summed E-state index contributed by atoms with van der Waals surface area (Å²) in [5, 5.41) is 1.00. The number of nitrogens with zero attached hydrogens (tertiary/aromatic N) is 2. The van der Waals surface area contributed by atoms with Gasteiger partial charge in [-0.15, -0.1) is 11.8 Å². The van der Waals surface area contributed by atoms with Crippen LogP contribution in [-0.2, 0) is 0 Å². The van der Waals surface area contributed by atoms with E-state index in [2.05, 4.69) is 9.97 Å². The Morgan fingerprint density at radius 1 is 1.43 bits per heavy atom. The molecule has 1 aliphatic carbocycles. The lowest BCUT2D eigenvalue weighted by molar-refractivity contribution is 0.623. The number of anilines is 1. The van der Waals surface area contributed by atoms with Crippen LogP contribution in [-0.4, -0.2) is 15.7 Å². The van der Waals surface area contributed by atoms with Crippen LogP contribution in [0.3, 0.4) is 0 Å². The summed E-state index contributed by atoms with van der Waals surface area (Å²) in [4.78, 5) is 8.04.